The van der Waals surface area contributed by atoms with Gasteiger partial charge in [0.05, 0.1) is 0 Å². The van der Waals surface area contributed by atoms with Crippen LogP contribution in [-0.4, -0.2) is 35.4 Å². The topological polar surface area (TPSA) is 58.6 Å². The van der Waals surface area contributed by atoms with Crippen LogP contribution in [0.3, 0.4) is 0 Å². The molecule has 206 valence electrons. The molecule has 0 unspecified atom stereocenters. The summed E-state index contributed by atoms with van der Waals surface area (Å²) in [5.74, 6) is 0.550. The molecule has 6 heteroatoms. The lowest BCUT2D eigenvalue weighted by Gasteiger charge is -2.33. The predicted octanol–water partition coefficient (Wildman–Crippen LogP) is 6.93. The molecule has 1 atom stereocenters. The molecule has 0 radical (unpaired) electrons. The van der Waals surface area contributed by atoms with Gasteiger partial charge in [-0.3, -0.25) is 9.59 Å². The van der Waals surface area contributed by atoms with Crippen molar-refractivity contribution < 1.29 is 14.3 Å². The van der Waals surface area contributed by atoms with E-state index in [1.165, 1.54) is 6.42 Å². The number of ether oxygens (including phenoxy) is 1. The predicted molar refractivity (Wildman–Crippen MR) is 157 cm³/mol. The number of carbonyl (C=O) groups is 2. The van der Waals surface area contributed by atoms with Gasteiger partial charge >= 0.3 is 0 Å². The standard InChI is InChI=1S/C33H39ClN2O3/c1-24(2)28-18-10-12-20-31(28)39-23-32(37)36(22-26-15-9-11-19-29(26)34)30(21-25-13-5-3-6-14-25)33(38)35-27-16-7-4-8-17-27/h3,5-6,9-15,18-20,24,27,30H,4,7-8,16-17,21-23H2,1-2H3,(H,35,38)/t30-/m0/s1. The molecule has 2 amide bonds. The summed E-state index contributed by atoms with van der Waals surface area (Å²) in [5.41, 5.74) is 2.82. The van der Waals surface area contributed by atoms with E-state index in [0.29, 0.717) is 17.2 Å². The number of carbonyl (C=O) groups excluding carboxylic acids is 2. The van der Waals surface area contributed by atoms with Crippen LogP contribution < -0.4 is 10.1 Å². The van der Waals surface area contributed by atoms with Crippen LogP contribution in [0.1, 0.15) is 68.6 Å². The molecule has 1 N–H and O–H groups in total. The number of benzene rings is 3. The molecule has 3 aromatic rings. The number of hydrogen-bond acceptors (Lipinski definition) is 3. The van der Waals surface area contributed by atoms with Crippen molar-refractivity contribution >= 4 is 23.4 Å². The normalized spacial score (nSPS) is 14.6. The molecule has 1 aliphatic rings. The van der Waals surface area contributed by atoms with Crippen LogP contribution in [0.25, 0.3) is 0 Å². The first-order chi connectivity index (χ1) is 18.9. The van der Waals surface area contributed by atoms with E-state index in [1.807, 2.05) is 78.9 Å². The zero-order valence-electron chi connectivity index (χ0n) is 22.9. The summed E-state index contributed by atoms with van der Waals surface area (Å²) in [6.07, 6.45) is 5.76. The fourth-order valence-electron chi connectivity index (χ4n) is 5.22. The van der Waals surface area contributed by atoms with E-state index in [9.17, 15) is 9.59 Å². The van der Waals surface area contributed by atoms with Crippen LogP contribution >= 0.6 is 11.6 Å². The van der Waals surface area contributed by atoms with Crippen molar-refractivity contribution in [3.63, 3.8) is 0 Å². The Morgan fingerprint density at radius 2 is 1.59 bits per heavy atom. The number of para-hydroxylation sites is 1. The fourth-order valence-corrected chi connectivity index (χ4v) is 5.42. The lowest BCUT2D eigenvalue weighted by atomic mass is 9.94. The van der Waals surface area contributed by atoms with Gasteiger partial charge in [-0.05, 0) is 47.6 Å². The highest BCUT2D eigenvalue weighted by Crippen LogP contribution is 2.27. The number of nitrogens with one attached hydrogen (secondary N) is 1. The monoisotopic (exact) mass is 546 g/mol. The van der Waals surface area contributed by atoms with E-state index in [1.54, 1.807) is 4.90 Å². The van der Waals surface area contributed by atoms with Crippen molar-refractivity contribution in [3.05, 3.63) is 101 Å². The molecule has 1 aliphatic carbocycles. The Morgan fingerprint density at radius 3 is 2.31 bits per heavy atom. The van der Waals surface area contributed by atoms with Crippen LogP contribution in [0, 0.1) is 0 Å². The van der Waals surface area contributed by atoms with Gasteiger partial charge in [0.25, 0.3) is 5.91 Å². The number of rotatable bonds is 11. The molecule has 0 bridgehead atoms. The van der Waals surface area contributed by atoms with E-state index in [2.05, 4.69) is 19.2 Å². The summed E-state index contributed by atoms with van der Waals surface area (Å²) >= 11 is 6.53. The third-order valence-electron chi connectivity index (χ3n) is 7.41. The van der Waals surface area contributed by atoms with Crippen LogP contribution in [-0.2, 0) is 22.6 Å². The summed E-state index contributed by atoms with van der Waals surface area (Å²) in [7, 11) is 0. The highest BCUT2D eigenvalue weighted by molar-refractivity contribution is 6.31. The molecule has 1 saturated carbocycles. The van der Waals surface area contributed by atoms with Crippen molar-refractivity contribution in [2.24, 2.45) is 0 Å². The van der Waals surface area contributed by atoms with Gasteiger partial charge in [-0.15, -0.1) is 0 Å². The van der Waals surface area contributed by atoms with Crippen molar-refractivity contribution in [2.45, 2.75) is 76.9 Å². The van der Waals surface area contributed by atoms with Gasteiger partial charge in [0.15, 0.2) is 6.61 Å². The fraction of sp³-hybridized carbons (Fsp3) is 0.394. The second-order valence-corrected chi connectivity index (χ2v) is 11.1. The molecule has 1 fully saturated rings. The largest absolute Gasteiger partial charge is 0.483 e. The zero-order valence-corrected chi connectivity index (χ0v) is 23.7. The first kappa shape index (κ1) is 28.7. The zero-order chi connectivity index (χ0) is 27.6. The highest BCUT2D eigenvalue weighted by atomic mass is 35.5. The molecule has 5 nitrogen and oxygen atoms in total. The molecular formula is C33H39ClN2O3. The Balaban J connectivity index is 1.63. The number of hydrogen-bond donors (Lipinski definition) is 1. The average Bonchev–Trinajstić information content (AvgIpc) is 2.95. The third-order valence-corrected chi connectivity index (χ3v) is 7.78. The lowest BCUT2D eigenvalue weighted by molar-refractivity contribution is -0.143. The molecule has 0 heterocycles. The minimum absolute atomic E-state index is 0.131. The average molecular weight is 547 g/mol. The minimum Gasteiger partial charge on any atom is -0.483 e. The van der Waals surface area contributed by atoms with E-state index in [4.69, 9.17) is 16.3 Å². The first-order valence-corrected chi connectivity index (χ1v) is 14.4. The number of halogens is 1. The Bertz CT molecular complexity index is 1220. The summed E-state index contributed by atoms with van der Waals surface area (Å²) in [6.45, 7) is 4.23. The second-order valence-electron chi connectivity index (χ2n) is 10.6. The van der Waals surface area contributed by atoms with Gasteiger partial charge in [-0.1, -0.05) is 111 Å². The maximum Gasteiger partial charge on any atom is 0.261 e. The Kier molecular flexibility index (Phi) is 10.4. The van der Waals surface area contributed by atoms with Gasteiger partial charge in [0, 0.05) is 24.0 Å². The Labute approximate surface area is 237 Å². The third kappa shape index (κ3) is 8.09. The Hall–Kier alpha value is -3.31. The van der Waals surface area contributed by atoms with Crippen LogP contribution in [0.5, 0.6) is 5.75 Å². The quantitative estimate of drug-likeness (QED) is 0.283. The maximum atomic E-state index is 13.9. The Morgan fingerprint density at radius 1 is 0.923 bits per heavy atom. The molecule has 0 saturated heterocycles. The van der Waals surface area contributed by atoms with E-state index < -0.39 is 6.04 Å². The van der Waals surface area contributed by atoms with Crippen LogP contribution in [0.15, 0.2) is 78.9 Å². The molecule has 39 heavy (non-hydrogen) atoms. The van der Waals surface area contributed by atoms with Crippen molar-refractivity contribution in [3.8, 4) is 5.75 Å². The molecule has 3 aromatic carbocycles. The van der Waals surface area contributed by atoms with Gasteiger partial charge in [-0.2, -0.15) is 0 Å². The lowest BCUT2D eigenvalue weighted by Crippen LogP contribution is -2.53. The van der Waals surface area contributed by atoms with Crippen LogP contribution in [0.2, 0.25) is 5.02 Å². The van der Waals surface area contributed by atoms with E-state index >= 15 is 0 Å². The van der Waals surface area contributed by atoms with Gasteiger partial charge < -0.3 is 15.0 Å². The number of nitrogens with zero attached hydrogens (tertiary/aromatic N) is 1. The maximum absolute atomic E-state index is 13.9. The molecule has 0 aliphatic heterocycles. The van der Waals surface area contributed by atoms with E-state index in [-0.39, 0.29) is 36.9 Å². The summed E-state index contributed by atoms with van der Waals surface area (Å²) in [5, 5.41) is 3.83. The number of amides is 2. The van der Waals surface area contributed by atoms with Crippen molar-refractivity contribution in [2.75, 3.05) is 6.61 Å². The summed E-state index contributed by atoms with van der Waals surface area (Å²) < 4.78 is 6.08. The summed E-state index contributed by atoms with van der Waals surface area (Å²) in [4.78, 5) is 29.4. The first-order valence-electron chi connectivity index (χ1n) is 14.0. The van der Waals surface area contributed by atoms with Crippen LogP contribution in [0.4, 0.5) is 0 Å². The van der Waals surface area contributed by atoms with Gasteiger partial charge in [0.2, 0.25) is 5.91 Å². The minimum atomic E-state index is -0.706. The highest BCUT2D eigenvalue weighted by Gasteiger charge is 2.32. The molecule has 0 aromatic heterocycles. The molecule has 0 spiro atoms. The SMILES string of the molecule is CC(C)c1ccccc1OCC(=O)N(Cc1ccccc1Cl)[C@@H](Cc1ccccc1)C(=O)NC1CCCCC1. The second kappa shape index (κ2) is 14.2. The van der Waals surface area contributed by atoms with Crippen molar-refractivity contribution in [1.82, 2.24) is 10.2 Å². The molecular weight excluding hydrogens is 508 g/mol. The van der Waals surface area contributed by atoms with Gasteiger partial charge in [-0.25, -0.2) is 0 Å². The summed E-state index contributed by atoms with van der Waals surface area (Å²) in [6, 6.07) is 24.5. The van der Waals surface area contributed by atoms with Crippen molar-refractivity contribution in [1.29, 1.82) is 0 Å². The molecule has 4 rings (SSSR count). The van der Waals surface area contributed by atoms with E-state index in [0.717, 1.165) is 42.4 Å². The smallest absolute Gasteiger partial charge is 0.261 e. The van der Waals surface area contributed by atoms with Gasteiger partial charge in [0.1, 0.15) is 11.8 Å².